The van der Waals surface area contributed by atoms with Crippen molar-refractivity contribution in [2.75, 3.05) is 38.7 Å². The van der Waals surface area contributed by atoms with Gasteiger partial charge in [-0.3, -0.25) is 4.79 Å². The number of nitrogens with zero attached hydrogens (tertiary/aromatic N) is 1. The highest BCUT2D eigenvalue weighted by Crippen LogP contribution is 2.23. The van der Waals surface area contributed by atoms with Crippen molar-refractivity contribution in [3.05, 3.63) is 24.3 Å². The molecule has 1 amide bonds. The summed E-state index contributed by atoms with van der Waals surface area (Å²) in [6, 6.07) is 7.51. The monoisotopic (exact) mass is 364 g/mol. The molecule has 0 bridgehead atoms. The molecule has 0 aromatic heterocycles. The molecule has 26 heavy (non-hydrogen) atoms. The van der Waals surface area contributed by atoms with Crippen molar-refractivity contribution in [1.29, 1.82) is 0 Å². The van der Waals surface area contributed by atoms with Crippen LogP contribution in [0.4, 0.5) is 5.69 Å². The Balaban J connectivity index is 2.50. The van der Waals surface area contributed by atoms with Crippen molar-refractivity contribution in [1.82, 2.24) is 4.90 Å². The molecule has 0 aliphatic carbocycles. The van der Waals surface area contributed by atoms with Crippen molar-refractivity contribution < 1.29 is 14.3 Å². The molecule has 0 aliphatic heterocycles. The van der Waals surface area contributed by atoms with Crippen LogP contribution in [0.2, 0.25) is 0 Å². The number of benzene rings is 1. The number of nitrogens with one attached hydrogen (secondary N) is 1. The van der Waals surface area contributed by atoms with Crippen LogP contribution in [0, 0.1) is 5.92 Å². The van der Waals surface area contributed by atoms with Crippen molar-refractivity contribution in [3.8, 4) is 5.75 Å². The number of ether oxygens (including phenoxy) is 2. The zero-order valence-electron chi connectivity index (χ0n) is 17.3. The molecule has 0 unspecified atom stereocenters. The molecule has 1 rings (SSSR count). The van der Waals surface area contributed by atoms with Crippen LogP contribution in [0.3, 0.4) is 0 Å². The van der Waals surface area contributed by atoms with E-state index in [1.54, 1.807) is 7.11 Å². The van der Waals surface area contributed by atoms with Gasteiger partial charge in [0.25, 0.3) is 5.91 Å². The summed E-state index contributed by atoms with van der Waals surface area (Å²) in [5.74, 6) is 1.07. The van der Waals surface area contributed by atoms with E-state index < -0.39 is 5.60 Å². The van der Waals surface area contributed by atoms with Gasteiger partial charge in [-0.2, -0.15) is 0 Å². The number of amides is 1. The summed E-state index contributed by atoms with van der Waals surface area (Å²) in [5.41, 5.74) is -0.0779. The minimum absolute atomic E-state index is 0.124. The summed E-state index contributed by atoms with van der Waals surface area (Å²) in [6.07, 6.45) is 1.67. The van der Waals surface area contributed by atoms with Gasteiger partial charge in [-0.15, -0.1) is 0 Å². The van der Waals surface area contributed by atoms with Gasteiger partial charge in [-0.1, -0.05) is 27.7 Å². The maximum Gasteiger partial charge on any atom is 0.256 e. The molecule has 0 fully saturated rings. The molecule has 0 radical (unpaired) electrons. The second-order valence-corrected chi connectivity index (χ2v) is 7.24. The zero-order valence-corrected chi connectivity index (χ0v) is 17.3. The molecule has 1 N–H and O–H groups in total. The number of anilines is 1. The Morgan fingerprint density at radius 1 is 1.19 bits per heavy atom. The minimum atomic E-state index is -0.826. The van der Waals surface area contributed by atoms with Crippen LogP contribution >= 0.6 is 0 Å². The molecule has 0 saturated heterocycles. The molecular formula is C21H36N2O3. The van der Waals surface area contributed by atoms with Crippen LogP contribution in [0.5, 0.6) is 5.75 Å². The summed E-state index contributed by atoms with van der Waals surface area (Å²) in [7, 11) is 1.58. The lowest BCUT2D eigenvalue weighted by Gasteiger charge is -2.28. The normalized spacial score (nSPS) is 13.7. The summed E-state index contributed by atoms with van der Waals surface area (Å²) in [4.78, 5) is 14.9. The molecule has 0 aliphatic rings. The van der Waals surface area contributed by atoms with E-state index >= 15 is 0 Å². The van der Waals surface area contributed by atoms with Gasteiger partial charge in [-0.25, -0.2) is 0 Å². The predicted octanol–water partition coefficient (Wildman–Crippen LogP) is 4.19. The SMILES string of the molecule is CCN(CC)CCCOc1ccc(NC(=O)[C@@](C)(CC(C)C)OC)cc1. The molecule has 5 heteroatoms. The van der Waals surface area contributed by atoms with Gasteiger partial charge in [0.05, 0.1) is 6.61 Å². The molecule has 1 aromatic carbocycles. The summed E-state index contributed by atoms with van der Waals surface area (Å²) in [6.45, 7) is 14.2. The Bertz CT molecular complexity index is 527. The van der Waals surface area contributed by atoms with Gasteiger partial charge >= 0.3 is 0 Å². The standard InChI is InChI=1S/C21H36N2O3/c1-7-23(8-2)14-9-15-26-19-12-10-18(11-13-19)22-20(24)21(5,25-6)16-17(3)4/h10-13,17H,7-9,14-16H2,1-6H3,(H,22,24)/t21-/m1/s1. The first-order valence-corrected chi connectivity index (χ1v) is 9.66. The number of carbonyl (C=O) groups excluding carboxylic acids is 1. The molecular weight excluding hydrogens is 328 g/mol. The van der Waals surface area contributed by atoms with E-state index in [9.17, 15) is 4.79 Å². The van der Waals surface area contributed by atoms with Crippen molar-refractivity contribution >= 4 is 11.6 Å². The highest BCUT2D eigenvalue weighted by atomic mass is 16.5. The largest absolute Gasteiger partial charge is 0.494 e. The van der Waals surface area contributed by atoms with Crippen LogP contribution in [-0.2, 0) is 9.53 Å². The molecule has 0 spiro atoms. The van der Waals surface area contributed by atoms with E-state index in [1.165, 1.54) is 0 Å². The fourth-order valence-electron chi connectivity index (χ4n) is 2.96. The third kappa shape index (κ3) is 7.34. The smallest absolute Gasteiger partial charge is 0.256 e. The lowest BCUT2D eigenvalue weighted by Crippen LogP contribution is -2.43. The van der Waals surface area contributed by atoms with Crippen molar-refractivity contribution in [3.63, 3.8) is 0 Å². The van der Waals surface area contributed by atoms with E-state index in [0.717, 1.165) is 37.5 Å². The molecule has 0 saturated carbocycles. The second kappa shape index (κ2) is 11.2. The third-order valence-electron chi connectivity index (χ3n) is 4.62. The molecule has 1 atom stereocenters. The fraction of sp³-hybridized carbons (Fsp3) is 0.667. The van der Waals surface area contributed by atoms with Gasteiger partial charge in [-0.05, 0) is 63.0 Å². The van der Waals surface area contributed by atoms with E-state index in [1.807, 2.05) is 31.2 Å². The quantitative estimate of drug-likeness (QED) is 0.565. The Kier molecular flexibility index (Phi) is 9.66. The van der Waals surface area contributed by atoms with Crippen LogP contribution < -0.4 is 10.1 Å². The summed E-state index contributed by atoms with van der Waals surface area (Å²) >= 11 is 0. The van der Waals surface area contributed by atoms with Gasteiger partial charge in [0.15, 0.2) is 0 Å². The maximum atomic E-state index is 12.5. The Morgan fingerprint density at radius 2 is 1.81 bits per heavy atom. The molecule has 148 valence electrons. The summed E-state index contributed by atoms with van der Waals surface area (Å²) < 4.78 is 11.3. The van der Waals surface area contributed by atoms with Gasteiger partial charge in [0, 0.05) is 19.3 Å². The van der Waals surface area contributed by atoms with E-state index in [-0.39, 0.29) is 5.91 Å². The first kappa shape index (κ1) is 22.5. The Morgan fingerprint density at radius 3 is 2.31 bits per heavy atom. The number of rotatable bonds is 12. The van der Waals surface area contributed by atoms with Crippen LogP contribution in [0.25, 0.3) is 0 Å². The number of hydrogen-bond donors (Lipinski definition) is 1. The Hall–Kier alpha value is -1.59. The van der Waals surface area contributed by atoms with Gasteiger partial charge in [0.2, 0.25) is 0 Å². The van der Waals surface area contributed by atoms with Gasteiger partial charge in [0.1, 0.15) is 11.4 Å². The zero-order chi connectivity index (χ0) is 19.6. The van der Waals surface area contributed by atoms with Gasteiger partial charge < -0.3 is 19.7 Å². The average molecular weight is 365 g/mol. The predicted molar refractivity (Wildman–Crippen MR) is 108 cm³/mol. The fourth-order valence-corrected chi connectivity index (χ4v) is 2.96. The first-order valence-electron chi connectivity index (χ1n) is 9.66. The van der Waals surface area contributed by atoms with E-state index in [4.69, 9.17) is 9.47 Å². The lowest BCUT2D eigenvalue weighted by molar-refractivity contribution is -0.137. The average Bonchev–Trinajstić information content (AvgIpc) is 2.62. The maximum absolute atomic E-state index is 12.5. The minimum Gasteiger partial charge on any atom is -0.494 e. The number of methoxy groups -OCH3 is 1. The third-order valence-corrected chi connectivity index (χ3v) is 4.62. The lowest BCUT2D eigenvalue weighted by atomic mass is 9.93. The van der Waals surface area contributed by atoms with Crippen molar-refractivity contribution in [2.24, 2.45) is 5.92 Å². The van der Waals surface area contributed by atoms with Crippen molar-refractivity contribution in [2.45, 2.75) is 53.1 Å². The molecule has 5 nitrogen and oxygen atoms in total. The number of carbonyl (C=O) groups is 1. The number of hydrogen-bond acceptors (Lipinski definition) is 4. The summed E-state index contributed by atoms with van der Waals surface area (Å²) in [5, 5.41) is 2.94. The van der Waals surface area contributed by atoms with Crippen LogP contribution in [-0.4, -0.2) is 49.8 Å². The van der Waals surface area contributed by atoms with Crippen LogP contribution in [0.1, 0.15) is 47.5 Å². The van der Waals surface area contributed by atoms with E-state index in [2.05, 4.69) is 37.9 Å². The molecule has 1 aromatic rings. The molecule has 0 heterocycles. The Labute approximate surface area is 159 Å². The highest BCUT2D eigenvalue weighted by Gasteiger charge is 2.33. The van der Waals surface area contributed by atoms with Crippen LogP contribution in [0.15, 0.2) is 24.3 Å². The second-order valence-electron chi connectivity index (χ2n) is 7.24. The topological polar surface area (TPSA) is 50.8 Å². The van der Waals surface area contributed by atoms with E-state index in [0.29, 0.717) is 18.9 Å². The first-order chi connectivity index (χ1) is 12.3. The highest BCUT2D eigenvalue weighted by molar-refractivity contribution is 5.97.